The summed E-state index contributed by atoms with van der Waals surface area (Å²) >= 11 is 0. The molecule has 0 atom stereocenters. The fourth-order valence-electron chi connectivity index (χ4n) is 5.78. The number of hydrogen-bond donors (Lipinski definition) is 0. The molecule has 0 N–H and O–H groups in total. The minimum Gasteiger partial charge on any atom is -0.439 e. The van der Waals surface area contributed by atoms with Crippen molar-refractivity contribution in [1.82, 2.24) is 0 Å². The van der Waals surface area contributed by atoms with E-state index in [1.165, 1.54) is 0 Å². The Balaban J connectivity index is 1.46. The van der Waals surface area contributed by atoms with Crippen LogP contribution < -0.4 is 9.47 Å². The van der Waals surface area contributed by atoms with Crippen molar-refractivity contribution in [3.8, 4) is 22.6 Å². The van der Waals surface area contributed by atoms with E-state index in [9.17, 15) is 9.59 Å². The Hall–Kier alpha value is -4.96. The van der Waals surface area contributed by atoms with Crippen LogP contribution in [0.4, 0.5) is 0 Å². The lowest BCUT2D eigenvalue weighted by Crippen LogP contribution is -2.52. The molecule has 0 unspecified atom stereocenters. The molecule has 6 aromatic carbocycles. The fourth-order valence-corrected chi connectivity index (χ4v) is 5.78. The second-order valence-electron chi connectivity index (χ2n) is 9.54. The van der Waals surface area contributed by atoms with E-state index >= 15 is 0 Å². The van der Waals surface area contributed by atoms with E-state index in [4.69, 9.17) is 9.47 Å². The third-order valence-corrected chi connectivity index (χ3v) is 7.51. The largest absolute Gasteiger partial charge is 0.439 e. The van der Waals surface area contributed by atoms with Crippen LogP contribution in [0.3, 0.4) is 0 Å². The van der Waals surface area contributed by atoms with Gasteiger partial charge in [0.05, 0.1) is 0 Å². The second-order valence-corrected chi connectivity index (χ2v) is 9.54. The molecule has 0 saturated heterocycles. The molecule has 0 bridgehead atoms. The summed E-state index contributed by atoms with van der Waals surface area (Å²) in [6, 6.07) is 34.8. The summed E-state index contributed by atoms with van der Waals surface area (Å²) in [6.07, 6.45) is 0. The highest BCUT2D eigenvalue weighted by Crippen LogP contribution is 2.51. The minimum atomic E-state index is -2.13. The second kappa shape index (κ2) is 7.05. The smallest absolute Gasteiger partial charge is 0.383 e. The average Bonchev–Trinajstić information content (AvgIpc) is 3.06. The van der Waals surface area contributed by atoms with Crippen molar-refractivity contribution >= 4 is 43.9 Å². The summed E-state index contributed by atoms with van der Waals surface area (Å²) in [5, 5.41) is 5.73. The van der Waals surface area contributed by atoms with Gasteiger partial charge in [0.1, 0.15) is 11.5 Å². The first-order valence-corrected chi connectivity index (χ1v) is 12.2. The first-order valence-electron chi connectivity index (χ1n) is 12.2. The fraction of sp³-hybridized carbons (Fsp3) is 0.0303. The normalized spacial score (nSPS) is 15.2. The summed E-state index contributed by atoms with van der Waals surface area (Å²) in [5.74, 6) is -2.23. The maximum atomic E-state index is 14.1. The maximum Gasteiger partial charge on any atom is 0.383 e. The zero-order valence-corrected chi connectivity index (χ0v) is 19.5. The summed E-state index contributed by atoms with van der Waals surface area (Å²) < 4.78 is 12.9. The molecule has 174 valence electrons. The first kappa shape index (κ1) is 20.3. The highest BCUT2D eigenvalue weighted by molar-refractivity contribution is 6.33. The molecule has 4 heteroatoms. The number of rotatable bonds is 0. The lowest BCUT2D eigenvalue weighted by molar-refractivity contribution is -0.0484. The van der Waals surface area contributed by atoms with Crippen molar-refractivity contribution < 1.29 is 19.1 Å². The van der Waals surface area contributed by atoms with E-state index in [1.54, 1.807) is 12.1 Å². The molecular formula is C33H18O4. The van der Waals surface area contributed by atoms with Crippen LogP contribution in [-0.4, -0.2) is 17.4 Å². The predicted molar refractivity (Wildman–Crippen MR) is 143 cm³/mol. The van der Waals surface area contributed by atoms with Crippen molar-refractivity contribution in [3.05, 3.63) is 120 Å². The molecule has 0 amide bonds. The van der Waals surface area contributed by atoms with Crippen LogP contribution in [0.1, 0.15) is 20.7 Å². The Morgan fingerprint density at radius 3 is 1.32 bits per heavy atom. The van der Waals surface area contributed by atoms with Crippen LogP contribution in [0.2, 0.25) is 0 Å². The third kappa shape index (κ3) is 2.62. The number of carbonyl (C=O) groups is 2. The summed E-state index contributed by atoms with van der Waals surface area (Å²) in [6.45, 7) is 0. The molecule has 2 aliphatic rings. The van der Waals surface area contributed by atoms with E-state index in [-0.39, 0.29) is 0 Å². The third-order valence-electron chi connectivity index (χ3n) is 7.51. The highest BCUT2D eigenvalue weighted by Gasteiger charge is 2.60. The number of hydrogen-bond acceptors (Lipinski definition) is 4. The number of ether oxygens (including phenoxy) is 2. The molecule has 1 spiro atoms. The molecule has 4 nitrogen and oxygen atoms in total. The van der Waals surface area contributed by atoms with E-state index in [0.29, 0.717) is 22.6 Å². The first-order chi connectivity index (χ1) is 18.1. The molecule has 0 fully saturated rings. The van der Waals surface area contributed by atoms with Gasteiger partial charge in [0.25, 0.3) is 11.6 Å². The SMILES string of the molecule is O=C1c2cc3ccccc3cc2C(=O)C12Oc1ccc3ccccc3c1-c1c(ccc3ccccc13)O2. The quantitative estimate of drug-likeness (QED) is 0.214. The number of benzene rings is 6. The zero-order valence-electron chi connectivity index (χ0n) is 19.5. The van der Waals surface area contributed by atoms with Gasteiger partial charge in [-0.05, 0) is 56.6 Å². The van der Waals surface area contributed by atoms with Gasteiger partial charge in [-0.3, -0.25) is 9.59 Å². The highest BCUT2D eigenvalue weighted by atomic mass is 16.7. The predicted octanol–water partition coefficient (Wildman–Crippen LogP) is 7.36. The van der Waals surface area contributed by atoms with Gasteiger partial charge in [0.2, 0.25) is 0 Å². The van der Waals surface area contributed by atoms with Crippen molar-refractivity contribution in [2.45, 2.75) is 5.79 Å². The molecule has 0 radical (unpaired) electrons. The summed E-state index contributed by atoms with van der Waals surface area (Å²) in [7, 11) is 0. The summed E-state index contributed by atoms with van der Waals surface area (Å²) in [5.41, 5.74) is 2.25. The molecular weight excluding hydrogens is 460 g/mol. The molecule has 0 saturated carbocycles. The number of fused-ring (bicyclic) bond motifs is 9. The van der Waals surface area contributed by atoms with Gasteiger partial charge in [-0.15, -0.1) is 0 Å². The van der Waals surface area contributed by atoms with Gasteiger partial charge < -0.3 is 9.47 Å². The van der Waals surface area contributed by atoms with E-state index in [0.717, 1.165) is 43.4 Å². The van der Waals surface area contributed by atoms with Crippen LogP contribution in [0.5, 0.6) is 11.5 Å². The van der Waals surface area contributed by atoms with Gasteiger partial charge in [0.15, 0.2) is 0 Å². The molecule has 1 aliphatic heterocycles. The Labute approximate surface area is 211 Å². The van der Waals surface area contributed by atoms with Crippen LogP contribution in [0.15, 0.2) is 109 Å². The Morgan fingerprint density at radius 1 is 0.459 bits per heavy atom. The van der Waals surface area contributed by atoms with Crippen molar-refractivity contribution in [3.63, 3.8) is 0 Å². The lowest BCUT2D eigenvalue weighted by atomic mass is 9.92. The monoisotopic (exact) mass is 478 g/mol. The van der Waals surface area contributed by atoms with Gasteiger partial charge in [-0.2, -0.15) is 0 Å². The van der Waals surface area contributed by atoms with Crippen molar-refractivity contribution in [2.24, 2.45) is 0 Å². The number of Topliss-reactive ketones (excluding diaryl/α,β-unsaturated/α-hetero) is 2. The topological polar surface area (TPSA) is 52.6 Å². The van der Waals surface area contributed by atoms with Crippen LogP contribution in [0.25, 0.3) is 43.4 Å². The molecule has 8 rings (SSSR count). The lowest BCUT2D eigenvalue weighted by Gasteiger charge is -2.26. The van der Waals surface area contributed by atoms with Crippen molar-refractivity contribution in [2.75, 3.05) is 0 Å². The van der Waals surface area contributed by atoms with Gasteiger partial charge in [-0.25, -0.2) is 0 Å². The Kier molecular flexibility index (Phi) is 3.86. The standard InChI is InChI=1S/C33H18O4/c34-31-25-17-21-9-1-2-10-22(21)18-26(25)32(35)33(31)36-27-15-13-19-7-3-5-11-23(19)29(27)30-24-12-6-4-8-20(24)14-16-28(30)37-33/h1-18H. The molecule has 1 aliphatic carbocycles. The zero-order chi connectivity index (χ0) is 24.7. The Morgan fingerprint density at radius 2 is 0.865 bits per heavy atom. The van der Waals surface area contributed by atoms with Gasteiger partial charge >= 0.3 is 5.79 Å². The number of carbonyl (C=O) groups excluding carboxylic acids is 2. The number of ketones is 2. The average molecular weight is 479 g/mol. The van der Waals surface area contributed by atoms with Crippen molar-refractivity contribution in [1.29, 1.82) is 0 Å². The van der Waals surface area contributed by atoms with Crippen LogP contribution in [-0.2, 0) is 0 Å². The molecule has 0 aromatic heterocycles. The van der Waals surface area contributed by atoms with E-state index < -0.39 is 17.4 Å². The van der Waals surface area contributed by atoms with Gasteiger partial charge in [-0.1, -0.05) is 84.9 Å². The summed E-state index contributed by atoms with van der Waals surface area (Å²) in [4.78, 5) is 28.1. The minimum absolute atomic E-state index is 0.315. The molecule has 6 aromatic rings. The molecule has 37 heavy (non-hydrogen) atoms. The van der Waals surface area contributed by atoms with Crippen LogP contribution >= 0.6 is 0 Å². The van der Waals surface area contributed by atoms with E-state index in [1.807, 2.05) is 97.1 Å². The maximum absolute atomic E-state index is 14.1. The molecule has 1 heterocycles. The van der Waals surface area contributed by atoms with Crippen LogP contribution in [0, 0.1) is 0 Å². The van der Waals surface area contributed by atoms with E-state index in [2.05, 4.69) is 0 Å². The Bertz CT molecular complexity index is 1840. The van der Waals surface area contributed by atoms with Gasteiger partial charge in [0, 0.05) is 22.3 Å².